The molecular weight excluding hydrogens is 417 g/mol. The maximum absolute atomic E-state index is 13.7. The average Bonchev–Trinajstić information content (AvgIpc) is 3.47. The molecule has 0 saturated heterocycles. The van der Waals surface area contributed by atoms with E-state index in [2.05, 4.69) is 15.6 Å². The minimum Gasteiger partial charge on any atom is -0.483 e. The van der Waals surface area contributed by atoms with E-state index in [1.54, 1.807) is 23.6 Å². The topological polar surface area (TPSA) is 80.3 Å². The molecule has 2 unspecified atom stereocenters. The van der Waals surface area contributed by atoms with Crippen molar-refractivity contribution in [2.45, 2.75) is 70.1 Å². The molecule has 2 fully saturated rings. The van der Waals surface area contributed by atoms with Gasteiger partial charge in [0.25, 0.3) is 5.91 Å². The van der Waals surface area contributed by atoms with Gasteiger partial charge in [-0.1, -0.05) is 37.8 Å². The lowest BCUT2D eigenvalue weighted by molar-refractivity contribution is -0.125. The number of halogens is 1. The molecule has 2 aliphatic carbocycles. The number of ether oxygens (including phenoxy) is 1. The Hall–Kier alpha value is -2.48. The molecule has 1 heterocycles. The molecule has 2 aromatic rings. The van der Waals surface area contributed by atoms with Crippen LogP contribution in [-0.4, -0.2) is 28.9 Å². The molecule has 0 aliphatic heterocycles. The van der Waals surface area contributed by atoms with Gasteiger partial charge in [0, 0.05) is 23.4 Å². The zero-order chi connectivity index (χ0) is 21.6. The van der Waals surface area contributed by atoms with E-state index >= 15 is 0 Å². The first kappa shape index (κ1) is 21.7. The van der Waals surface area contributed by atoms with Gasteiger partial charge in [0.15, 0.2) is 11.6 Å². The van der Waals surface area contributed by atoms with Gasteiger partial charge in [-0.25, -0.2) is 9.37 Å². The van der Waals surface area contributed by atoms with Crippen LogP contribution in [0.4, 0.5) is 4.39 Å². The van der Waals surface area contributed by atoms with Crippen LogP contribution in [0.15, 0.2) is 29.6 Å². The Morgan fingerprint density at radius 3 is 2.45 bits per heavy atom. The number of benzene rings is 1. The van der Waals surface area contributed by atoms with Gasteiger partial charge in [-0.3, -0.25) is 9.59 Å². The molecule has 1 aromatic heterocycles. The fourth-order valence-electron chi connectivity index (χ4n) is 4.39. The molecule has 0 radical (unpaired) electrons. The summed E-state index contributed by atoms with van der Waals surface area (Å²) in [6, 6.07) is 6.06. The van der Waals surface area contributed by atoms with Crippen molar-refractivity contribution in [1.29, 1.82) is 0 Å². The van der Waals surface area contributed by atoms with E-state index in [-0.39, 0.29) is 42.2 Å². The van der Waals surface area contributed by atoms with Gasteiger partial charge in [-0.2, -0.15) is 0 Å². The summed E-state index contributed by atoms with van der Waals surface area (Å²) in [5.41, 5.74) is 0.323. The molecule has 2 N–H and O–H groups in total. The largest absolute Gasteiger partial charge is 0.483 e. The Morgan fingerprint density at radius 1 is 1.03 bits per heavy atom. The van der Waals surface area contributed by atoms with Crippen molar-refractivity contribution in [1.82, 2.24) is 15.6 Å². The summed E-state index contributed by atoms with van der Waals surface area (Å²) in [4.78, 5) is 29.7. The number of thiazole rings is 1. The number of hydrogen-bond donors (Lipinski definition) is 2. The van der Waals surface area contributed by atoms with E-state index < -0.39 is 5.82 Å². The lowest BCUT2D eigenvalue weighted by atomic mass is 9.89. The monoisotopic (exact) mass is 445 g/mol. The second-order valence-electron chi connectivity index (χ2n) is 8.31. The predicted octanol–water partition coefficient (Wildman–Crippen LogP) is 4.21. The second kappa shape index (κ2) is 10.2. The first-order chi connectivity index (χ1) is 15.1. The van der Waals surface area contributed by atoms with Crippen LogP contribution in [0.3, 0.4) is 0 Å². The molecule has 2 amide bonds. The maximum atomic E-state index is 13.7. The number of carbonyl (C=O) groups excluding carboxylic acids is 2. The summed E-state index contributed by atoms with van der Waals surface area (Å²) in [5, 5.41) is 8.54. The minimum atomic E-state index is -0.431. The van der Waals surface area contributed by atoms with E-state index in [0.29, 0.717) is 10.7 Å². The van der Waals surface area contributed by atoms with Crippen LogP contribution in [0.5, 0.6) is 5.75 Å². The van der Waals surface area contributed by atoms with Gasteiger partial charge in [0.2, 0.25) is 5.91 Å². The molecular formula is C23H28FN3O3S. The third kappa shape index (κ3) is 5.61. The maximum Gasteiger partial charge on any atom is 0.271 e. The standard InChI is InChI=1S/C23H28FN3O3S/c24-16-9-3-6-12-20(16)30-13-21-25-19(14-31-21)23(29)27-18-11-5-4-10-17(18)26-22(28)15-7-1-2-8-15/h3,6,9,12,14-15,17-18H,1-2,4-5,7-8,10-11,13H2,(H,26,28)(H,27,29). The van der Waals surface area contributed by atoms with Crippen LogP contribution in [0.25, 0.3) is 0 Å². The summed E-state index contributed by atoms with van der Waals surface area (Å²) < 4.78 is 19.1. The molecule has 1 aromatic carbocycles. The van der Waals surface area contributed by atoms with Gasteiger partial charge in [-0.05, 0) is 37.8 Å². The summed E-state index contributed by atoms with van der Waals surface area (Å²) in [6.07, 6.45) is 7.97. The van der Waals surface area contributed by atoms with Crippen molar-refractivity contribution in [3.63, 3.8) is 0 Å². The molecule has 2 atom stereocenters. The highest BCUT2D eigenvalue weighted by Gasteiger charge is 2.31. The van der Waals surface area contributed by atoms with Gasteiger partial charge in [0.05, 0.1) is 0 Å². The Labute approximate surface area is 185 Å². The smallest absolute Gasteiger partial charge is 0.271 e. The highest BCUT2D eigenvalue weighted by Crippen LogP contribution is 2.26. The lowest BCUT2D eigenvalue weighted by Gasteiger charge is -2.33. The number of carbonyl (C=O) groups is 2. The molecule has 0 spiro atoms. The molecule has 166 valence electrons. The van der Waals surface area contributed by atoms with E-state index in [1.807, 2.05) is 0 Å². The zero-order valence-corrected chi connectivity index (χ0v) is 18.3. The second-order valence-corrected chi connectivity index (χ2v) is 9.25. The molecule has 6 nitrogen and oxygen atoms in total. The van der Waals surface area contributed by atoms with Crippen molar-refractivity contribution in [2.24, 2.45) is 5.92 Å². The Kier molecular flexibility index (Phi) is 7.17. The molecule has 0 bridgehead atoms. The molecule has 2 aliphatic rings. The first-order valence-electron chi connectivity index (χ1n) is 11.0. The number of rotatable bonds is 7. The van der Waals surface area contributed by atoms with Gasteiger partial charge >= 0.3 is 0 Å². The Balaban J connectivity index is 1.32. The Bertz CT molecular complexity index is 913. The summed E-state index contributed by atoms with van der Waals surface area (Å²) in [5.74, 6) is -0.272. The lowest BCUT2D eigenvalue weighted by Crippen LogP contribution is -2.54. The molecule has 31 heavy (non-hydrogen) atoms. The van der Waals surface area contributed by atoms with Crippen LogP contribution < -0.4 is 15.4 Å². The fourth-order valence-corrected chi connectivity index (χ4v) is 5.08. The van der Waals surface area contributed by atoms with E-state index in [9.17, 15) is 14.0 Å². The summed E-state index contributed by atoms with van der Waals surface area (Å²) in [6.45, 7) is 0.0996. The summed E-state index contributed by atoms with van der Waals surface area (Å²) >= 11 is 1.30. The third-order valence-electron chi connectivity index (χ3n) is 6.11. The van der Waals surface area contributed by atoms with E-state index in [0.717, 1.165) is 51.4 Å². The van der Waals surface area contributed by atoms with Crippen LogP contribution >= 0.6 is 11.3 Å². The zero-order valence-electron chi connectivity index (χ0n) is 17.4. The highest BCUT2D eigenvalue weighted by molar-refractivity contribution is 7.09. The molecule has 4 rings (SSSR count). The van der Waals surface area contributed by atoms with Crippen LogP contribution in [0.2, 0.25) is 0 Å². The van der Waals surface area contributed by atoms with Crippen LogP contribution in [0, 0.1) is 11.7 Å². The fraction of sp³-hybridized carbons (Fsp3) is 0.522. The minimum absolute atomic E-state index is 0.0340. The highest BCUT2D eigenvalue weighted by atomic mass is 32.1. The van der Waals surface area contributed by atoms with Crippen molar-refractivity contribution >= 4 is 23.2 Å². The average molecular weight is 446 g/mol. The van der Waals surface area contributed by atoms with E-state index in [1.165, 1.54) is 17.4 Å². The normalized spacial score (nSPS) is 21.6. The number of aromatic nitrogens is 1. The molecule has 8 heteroatoms. The number of nitrogens with zero attached hydrogens (tertiary/aromatic N) is 1. The first-order valence-corrected chi connectivity index (χ1v) is 11.9. The number of amides is 2. The quantitative estimate of drug-likeness (QED) is 0.669. The number of para-hydroxylation sites is 1. The number of hydrogen-bond acceptors (Lipinski definition) is 5. The van der Waals surface area contributed by atoms with E-state index in [4.69, 9.17) is 4.74 Å². The molecule has 2 saturated carbocycles. The van der Waals surface area contributed by atoms with Crippen molar-refractivity contribution in [3.8, 4) is 5.75 Å². The van der Waals surface area contributed by atoms with Crippen molar-refractivity contribution in [3.05, 3.63) is 46.2 Å². The summed E-state index contributed by atoms with van der Waals surface area (Å²) in [7, 11) is 0. The van der Waals surface area contributed by atoms with Crippen LogP contribution in [0.1, 0.15) is 66.9 Å². The van der Waals surface area contributed by atoms with Crippen molar-refractivity contribution in [2.75, 3.05) is 0 Å². The number of nitrogens with one attached hydrogen (secondary N) is 2. The van der Waals surface area contributed by atoms with Crippen molar-refractivity contribution < 1.29 is 18.7 Å². The van der Waals surface area contributed by atoms with Gasteiger partial charge < -0.3 is 15.4 Å². The van der Waals surface area contributed by atoms with Gasteiger partial charge in [-0.15, -0.1) is 11.3 Å². The SMILES string of the molecule is O=C(NC1CCCCC1NC(=O)C1CCCC1)c1csc(COc2ccccc2F)n1. The third-order valence-corrected chi connectivity index (χ3v) is 6.93. The van der Waals surface area contributed by atoms with Gasteiger partial charge in [0.1, 0.15) is 17.3 Å². The predicted molar refractivity (Wildman–Crippen MR) is 116 cm³/mol. The van der Waals surface area contributed by atoms with Crippen LogP contribution in [-0.2, 0) is 11.4 Å². The Morgan fingerprint density at radius 2 is 1.71 bits per heavy atom.